The highest BCUT2D eigenvalue weighted by atomic mass is 32.1. The molecule has 0 spiro atoms. The van der Waals surface area contributed by atoms with E-state index in [9.17, 15) is 49.6 Å². The molecule has 6 aromatic rings. The van der Waals surface area contributed by atoms with Gasteiger partial charge in [0.25, 0.3) is 0 Å². The number of thiophene rings is 2. The van der Waals surface area contributed by atoms with Crippen LogP contribution in [0.4, 0.5) is 8.78 Å². The average molecular weight is 907 g/mol. The number of hydrogen-bond donors (Lipinski definition) is 8. The fraction of sp³-hybridized carbons (Fsp3) is 0.333. The molecule has 0 amide bonds. The van der Waals surface area contributed by atoms with Crippen LogP contribution in [0.1, 0.15) is 55.3 Å². The van der Waals surface area contributed by atoms with E-state index < -0.39 is 74.3 Å². The molecule has 2 fully saturated rings. The third kappa shape index (κ3) is 11.0. The van der Waals surface area contributed by atoms with E-state index >= 15 is 0 Å². The van der Waals surface area contributed by atoms with Crippen LogP contribution < -0.4 is 0 Å². The average Bonchev–Trinajstić information content (AvgIpc) is 3.95. The molecule has 2 aliphatic rings. The standard InChI is InChI=1S/2C24H25FO5S.H2O/c2*1-13-2-3-15(24-23(29)22(28)21(27)19(12-26)30-24)10-16(13)11-18-8-9-20(31-18)14-4-6-17(25)7-5-14;/h2*2-10,19,21-24,26-29H,11-12H2,1H3;1H2/t19-,21-,22+,23-,24+;;/m1../s1. The minimum Gasteiger partial charge on any atom is -0.412 e. The van der Waals surface area contributed by atoms with Crippen molar-refractivity contribution in [3.05, 3.63) is 164 Å². The largest absolute Gasteiger partial charge is 0.412 e. The molecule has 2 aliphatic heterocycles. The number of ether oxygens (including phenoxy) is 2. The van der Waals surface area contributed by atoms with E-state index in [1.54, 1.807) is 46.9 Å². The Morgan fingerprint density at radius 3 is 1.19 bits per heavy atom. The Morgan fingerprint density at radius 1 is 0.476 bits per heavy atom. The summed E-state index contributed by atoms with van der Waals surface area (Å²) in [7, 11) is 0. The van der Waals surface area contributed by atoms with E-state index in [1.807, 2.05) is 74.5 Å². The number of rotatable bonds is 10. The van der Waals surface area contributed by atoms with Gasteiger partial charge in [-0.3, -0.25) is 0 Å². The number of aliphatic hydroxyl groups is 8. The zero-order valence-electron chi connectivity index (χ0n) is 34.5. The Hall–Kier alpha value is -4.30. The lowest BCUT2D eigenvalue weighted by molar-refractivity contribution is -0.231. The van der Waals surface area contributed by atoms with Gasteiger partial charge in [-0.1, -0.05) is 60.7 Å². The second-order valence-electron chi connectivity index (χ2n) is 15.8. The fourth-order valence-corrected chi connectivity index (χ4v) is 9.80. The summed E-state index contributed by atoms with van der Waals surface area (Å²) in [6.45, 7) is 3.09. The summed E-state index contributed by atoms with van der Waals surface area (Å²) in [5.41, 5.74) is 7.51. The highest BCUT2D eigenvalue weighted by molar-refractivity contribution is 7.15. The van der Waals surface area contributed by atoms with Crippen molar-refractivity contribution in [2.24, 2.45) is 0 Å². The monoisotopic (exact) mass is 906 g/mol. The van der Waals surface area contributed by atoms with Crippen molar-refractivity contribution < 1.29 is 64.6 Å². The molecule has 0 saturated carbocycles. The second kappa shape index (κ2) is 21.1. The SMILES string of the molecule is Cc1ccc(C2OC(CO)C(O)C(O)C2O)cc1Cc1ccc(-c2ccc(F)cc2)s1.Cc1ccc([C@@H]2O[C@H](CO)[C@@H](O)[C@H](O)[C@H]2O)cc1Cc1ccc(-c2ccc(F)cc2)s1.O. The first-order valence-corrected chi connectivity index (χ1v) is 21.9. The minimum atomic E-state index is -1.41. The topological polar surface area (TPSA) is 212 Å². The zero-order valence-corrected chi connectivity index (χ0v) is 36.1. The second-order valence-corrected chi connectivity index (χ2v) is 18.1. The number of aryl methyl sites for hydroxylation is 2. The third-order valence-corrected chi connectivity index (χ3v) is 13.8. The van der Waals surface area contributed by atoms with Gasteiger partial charge < -0.3 is 55.8 Å². The summed E-state index contributed by atoms with van der Waals surface area (Å²) in [6, 6.07) is 32.3. The van der Waals surface area contributed by atoms with Crippen LogP contribution in [0.2, 0.25) is 0 Å². The van der Waals surface area contributed by atoms with Crippen molar-refractivity contribution in [2.75, 3.05) is 13.2 Å². The van der Waals surface area contributed by atoms with Crippen LogP contribution in [0.3, 0.4) is 0 Å². The van der Waals surface area contributed by atoms with Gasteiger partial charge in [-0.2, -0.15) is 0 Å². The van der Waals surface area contributed by atoms with E-state index in [2.05, 4.69) is 0 Å². The lowest BCUT2D eigenvalue weighted by atomic mass is 9.89. The first kappa shape index (κ1) is 48.2. The zero-order chi connectivity index (χ0) is 44.2. The molecular formula is C48H52F2O11S2. The Bertz CT molecular complexity index is 2240. The molecule has 10 N–H and O–H groups in total. The molecule has 2 aromatic heterocycles. The van der Waals surface area contributed by atoms with Crippen molar-refractivity contribution in [3.63, 3.8) is 0 Å². The van der Waals surface area contributed by atoms with Gasteiger partial charge in [-0.15, -0.1) is 22.7 Å². The molecule has 0 aliphatic carbocycles. The maximum atomic E-state index is 13.2. The van der Waals surface area contributed by atoms with Crippen molar-refractivity contribution >= 4 is 22.7 Å². The van der Waals surface area contributed by atoms with E-state index in [-0.39, 0.29) is 17.1 Å². The number of halogens is 2. The molecular weight excluding hydrogens is 855 g/mol. The van der Waals surface area contributed by atoms with Gasteiger partial charge in [-0.05, 0) is 107 Å². The van der Waals surface area contributed by atoms with Crippen molar-refractivity contribution in [2.45, 2.75) is 87.7 Å². The van der Waals surface area contributed by atoms with Crippen LogP contribution in [0.5, 0.6) is 0 Å². The normalized spacial score (nSPS) is 25.8. The predicted octanol–water partition coefficient (Wildman–Crippen LogP) is 5.11. The van der Waals surface area contributed by atoms with Crippen LogP contribution in [0.15, 0.2) is 109 Å². The van der Waals surface area contributed by atoms with E-state index in [1.165, 1.54) is 24.3 Å². The Morgan fingerprint density at radius 2 is 0.841 bits per heavy atom. The van der Waals surface area contributed by atoms with E-state index in [0.29, 0.717) is 24.0 Å². The van der Waals surface area contributed by atoms with Gasteiger partial charge in [0, 0.05) is 32.4 Å². The molecule has 15 heteroatoms. The summed E-state index contributed by atoms with van der Waals surface area (Å²) in [4.78, 5) is 4.37. The minimum absolute atomic E-state index is 0. The van der Waals surface area contributed by atoms with Gasteiger partial charge in [0.2, 0.25) is 0 Å². The highest BCUT2D eigenvalue weighted by Crippen LogP contribution is 2.37. The van der Waals surface area contributed by atoms with Gasteiger partial charge in [0.15, 0.2) is 0 Å². The van der Waals surface area contributed by atoms with Gasteiger partial charge in [0.1, 0.15) is 72.7 Å². The fourth-order valence-electron chi connectivity index (χ4n) is 7.73. The van der Waals surface area contributed by atoms with Crippen molar-refractivity contribution in [3.8, 4) is 20.9 Å². The molecule has 4 heterocycles. The van der Waals surface area contributed by atoms with Crippen molar-refractivity contribution in [1.29, 1.82) is 0 Å². The molecule has 8 rings (SSSR count). The van der Waals surface area contributed by atoms with Gasteiger partial charge in [0.05, 0.1) is 13.2 Å². The summed E-state index contributed by atoms with van der Waals surface area (Å²) in [6.07, 6.45) is -10.4. The summed E-state index contributed by atoms with van der Waals surface area (Å²) in [5.74, 6) is -0.526. The van der Waals surface area contributed by atoms with Gasteiger partial charge in [-0.25, -0.2) is 8.78 Å². The number of hydrogen-bond acceptors (Lipinski definition) is 12. The lowest BCUT2D eigenvalue weighted by Gasteiger charge is -2.40. The molecule has 5 unspecified atom stereocenters. The van der Waals surface area contributed by atoms with Crippen LogP contribution in [0, 0.1) is 25.5 Å². The number of aliphatic hydroxyl groups excluding tert-OH is 8. The maximum absolute atomic E-state index is 13.2. The highest BCUT2D eigenvalue weighted by Gasteiger charge is 2.45. The molecule has 0 bridgehead atoms. The smallest absolute Gasteiger partial charge is 0.123 e. The Balaban J connectivity index is 0.000000206. The van der Waals surface area contributed by atoms with Crippen LogP contribution >= 0.6 is 22.7 Å². The molecule has 11 nitrogen and oxygen atoms in total. The van der Waals surface area contributed by atoms with E-state index in [0.717, 1.165) is 52.9 Å². The van der Waals surface area contributed by atoms with Gasteiger partial charge >= 0.3 is 0 Å². The summed E-state index contributed by atoms with van der Waals surface area (Å²) in [5, 5.41) is 80.0. The summed E-state index contributed by atoms with van der Waals surface area (Å²) < 4.78 is 37.8. The maximum Gasteiger partial charge on any atom is 0.123 e. The quantitative estimate of drug-likeness (QED) is 0.0911. The van der Waals surface area contributed by atoms with Crippen LogP contribution in [-0.4, -0.2) is 108 Å². The lowest BCUT2D eigenvalue weighted by Crippen LogP contribution is -2.55. The molecule has 0 radical (unpaired) electrons. The van der Waals surface area contributed by atoms with Crippen molar-refractivity contribution in [1.82, 2.24) is 0 Å². The Kier molecular flexibility index (Phi) is 16.2. The first-order valence-electron chi connectivity index (χ1n) is 20.2. The molecule has 63 heavy (non-hydrogen) atoms. The molecule has 336 valence electrons. The molecule has 2 saturated heterocycles. The predicted molar refractivity (Wildman–Crippen MR) is 236 cm³/mol. The molecule has 10 atom stereocenters. The third-order valence-electron chi connectivity index (χ3n) is 11.5. The number of benzene rings is 4. The Labute approximate surface area is 371 Å². The first-order chi connectivity index (χ1) is 29.7. The van der Waals surface area contributed by atoms with Crippen LogP contribution in [-0.2, 0) is 22.3 Å². The van der Waals surface area contributed by atoms with E-state index in [4.69, 9.17) is 9.47 Å². The van der Waals surface area contributed by atoms with Crippen LogP contribution in [0.25, 0.3) is 20.9 Å². The summed E-state index contributed by atoms with van der Waals surface area (Å²) >= 11 is 3.27. The molecule has 4 aromatic carbocycles.